The fraction of sp³-hybridized carbons (Fsp3) is 0.300. The SMILES string of the molecule is CCOC(=O)Nc1cc(C(F)(F)F)ccc1Cl. The minimum atomic E-state index is -4.49. The molecule has 0 aliphatic carbocycles. The van der Waals surface area contributed by atoms with E-state index in [0.717, 1.165) is 18.2 Å². The van der Waals surface area contributed by atoms with Crippen LogP contribution in [0.3, 0.4) is 0 Å². The average molecular weight is 268 g/mol. The van der Waals surface area contributed by atoms with E-state index < -0.39 is 17.8 Å². The Bertz CT molecular complexity index is 421. The van der Waals surface area contributed by atoms with Crippen molar-refractivity contribution in [3.8, 4) is 0 Å². The van der Waals surface area contributed by atoms with Gasteiger partial charge in [0.05, 0.1) is 22.9 Å². The van der Waals surface area contributed by atoms with E-state index in [0.29, 0.717) is 0 Å². The molecule has 0 spiro atoms. The molecule has 0 bridgehead atoms. The van der Waals surface area contributed by atoms with Gasteiger partial charge in [0.1, 0.15) is 0 Å². The normalized spacial score (nSPS) is 11.1. The Morgan fingerprint density at radius 2 is 2.12 bits per heavy atom. The number of carbonyl (C=O) groups is 1. The van der Waals surface area contributed by atoms with E-state index in [-0.39, 0.29) is 17.3 Å². The Morgan fingerprint density at radius 3 is 2.65 bits per heavy atom. The van der Waals surface area contributed by atoms with Crippen LogP contribution >= 0.6 is 11.6 Å². The zero-order chi connectivity index (χ0) is 13.1. The van der Waals surface area contributed by atoms with Crippen molar-refractivity contribution in [3.05, 3.63) is 28.8 Å². The molecule has 1 aromatic carbocycles. The van der Waals surface area contributed by atoms with Gasteiger partial charge in [0.25, 0.3) is 0 Å². The molecule has 0 atom stereocenters. The summed E-state index contributed by atoms with van der Waals surface area (Å²) in [7, 11) is 0. The first kappa shape index (κ1) is 13.6. The lowest BCUT2D eigenvalue weighted by atomic mass is 10.2. The van der Waals surface area contributed by atoms with Crippen LogP contribution in [-0.4, -0.2) is 12.7 Å². The molecule has 0 saturated heterocycles. The zero-order valence-electron chi connectivity index (χ0n) is 8.77. The third-order valence-electron chi connectivity index (χ3n) is 1.81. The second-order valence-electron chi connectivity index (χ2n) is 3.04. The van der Waals surface area contributed by atoms with Gasteiger partial charge in [0, 0.05) is 0 Å². The lowest BCUT2D eigenvalue weighted by Gasteiger charge is -2.11. The molecule has 94 valence electrons. The summed E-state index contributed by atoms with van der Waals surface area (Å²) >= 11 is 5.65. The van der Waals surface area contributed by atoms with Gasteiger partial charge in [-0.1, -0.05) is 11.6 Å². The topological polar surface area (TPSA) is 38.3 Å². The maximum absolute atomic E-state index is 12.4. The van der Waals surface area contributed by atoms with Crippen LogP contribution in [0.1, 0.15) is 12.5 Å². The van der Waals surface area contributed by atoms with Crippen molar-refractivity contribution < 1.29 is 22.7 Å². The number of carbonyl (C=O) groups excluding carboxylic acids is 1. The van der Waals surface area contributed by atoms with Crippen LogP contribution in [0.5, 0.6) is 0 Å². The molecular weight excluding hydrogens is 259 g/mol. The molecule has 1 rings (SSSR count). The van der Waals surface area contributed by atoms with E-state index in [1.165, 1.54) is 0 Å². The van der Waals surface area contributed by atoms with Gasteiger partial charge in [0.2, 0.25) is 0 Å². The molecule has 0 unspecified atom stereocenters. The fourth-order valence-electron chi connectivity index (χ4n) is 1.07. The van der Waals surface area contributed by atoms with Crippen molar-refractivity contribution in [3.63, 3.8) is 0 Å². The Hall–Kier alpha value is -1.43. The van der Waals surface area contributed by atoms with Crippen LogP contribution in [0.4, 0.5) is 23.7 Å². The first-order valence-electron chi connectivity index (χ1n) is 4.65. The molecule has 0 aliphatic rings. The lowest BCUT2D eigenvalue weighted by molar-refractivity contribution is -0.137. The average Bonchev–Trinajstić information content (AvgIpc) is 2.20. The Kier molecular flexibility index (Phi) is 4.22. The summed E-state index contributed by atoms with van der Waals surface area (Å²) in [6.07, 6.45) is -5.34. The minimum Gasteiger partial charge on any atom is -0.450 e. The van der Waals surface area contributed by atoms with E-state index in [2.05, 4.69) is 10.1 Å². The Labute approximate surface area is 101 Å². The molecular formula is C10H9ClF3NO2. The molecule has 0 fully saturated rings. The maximum atomic E-state index is 12.4. The number of amides is 1. The van der Waals surface area contributed by atoms with Crippen molar-refractivity contribution in [1.82, 2.24) is 0 Å². The van der Waals surface area contributed by atoms with Crippen molar-refractivity contribution in [2.24, 2.45) is 0 Å². The quantitative estimate of drug-likeness (QED) is 0.882. The van der Waals surface area contributed by atoms with Gasteiger partial charge in [-0.05, 0) is 25.1 Å². The number of halogens is 4. The largest absolute Gasteiger partial charge is 0.450 e. The third-order valence-corrected chi connectivity index (χ3v) is 2.14. The van der Waals surface area contributed by atoms with Crippen molar-refractivity contribution in [1.29, 1.82) is 0 Å². The summed E-state index contributed by atoms with van der Waals surface area (Å²) in [4.78, 5) is 11.1. The van der Waals surface area contributed by atoms with Gasteiger partial charge in [-0.3, -0.25) is 5.32 Å². The number of benzene rings is 1. The van der Waals surface area contributed by atoms with Gasteiger partial charge >= 0.3 is 12.3 Å². The van der Waals surface area contributed by atoms with Crippen LogP contribution in [-0.2, 0) is 10.9 Å². The third kappa shape index (κ3) is 3.81. The Morgan fingerprint density at radius 1 is 1.47 bits per heavy atom. The predicted octanol–water partition coefficient (Wildman–Crippen LogP) is 3.93. The summed E-state index contributed by atoms with van der Waals surface area (Å²) in [5, 5.41) is 2.14. The highest BCUT2D eigenvalue weighted by atomic mass is 35.5. The summed E-state index contributed by atoms with van der Waals surface area (Å²) in [5.74, 6) is 0. The summed E-state index contributed by atoms with van der Waals surface area (Å²) in [6.45, 7) is 1.69. The Balaban J connectivity index is 2.95. The highest BCUT2D eigenvalue weighted by molar-refractivity contribution is 6.33. The van der Waals surface area contributed by atoms with Crippen LogP contribution < -0.4 is 5.32 Å². The first-order chi connectivity index (χ1) is 7.84. The van der Waals surface area contributed by atoms with Crippen LogP contribution in [0.25, 0.3) is 0 Å². The predicted molar refractivity (Wildman–Crippen MR) is 57.1 cm³/mol. The second-order valence-corrected chi connectivity index (χ2v) is 3.45. The molecule has 0 radical (unpaired) electrons. The van der Waals surface area contributed by atoms with Crippen LogP contribution in [0, 0.1) is 0 Å². The van der Waals surface area contributed by atoms with Crippen molar-refractivity contribution in [2.75, 3.05) is 11.9 Å². The smallest absolute Gasteiger partial charge is 0.416 e. The van der Waals surface area contributed by atoms with Gasteiger partial charge in [0.15, 0.2) is 0 Å². The van der Waals surface area contributed by atoms with E-state index in [9.17, 15) is 18.0 Å². The monoisotopic (exact) mass is 267 g/mol. The molecule has 0 aromatic heterocycles. The van der Waals surface area contributed by atoms with E-state index in [1.807, 2.05) is 0 Å². The van der Waals surface area contributed by atoms with Gasteiger partial charge in [-0.25, -0.2) is 4.79 Å². The van der Waals surface area contributed by atoms with Gasteiger partial charge in [-0.15, -0.1) is 0 Å². The molecule has 0 saturated carbocycles. The fourth-order valence-corrected chi connectivity index (χ4v) is 1.24. The second kappa shape index (κ2) is 5.27. The van der Waals surface area contributed by atoms with Crippen LogP contribution in [0.15, 0.2) is 18.2 Å². The molecule has 1 N–H and O–H groups in total. The molecule has 7 heteroatoms. The summed E-state index contributed by atoms with van der Waals surface area (Å²) < 4.78 is 41.7. The van der Waals surface area contributed by atoms with Crippen molar-refractivity contribution in [2.45, 2.75) is 13.1 Å². The standard InChI is InChI=1S/C10H9ClF3NO2/c1-2-17-9(16)15-8-5-6(10(12,13)14)3-4-7(8)11/h3-5H,2H2,1H3,(H,15,16). The zero-order valence-corrected chi connectivity index (χ0v) is 9.52. The van der Waals surface area contributed by atoms with E-state index >= 15 is 0 Å². The lowest BCUT2D eigenvalue weighted by Crippen LogP contribution is -2.14. The highest BCUT2D eigenvalue weighted by Crippen LogP contribution is 2.33. The number of hydrogen-bond acceptors (Lipinski definition) is 2. The number of ether oxygens (including phenoxy) is 1. The molecule has 1 amide bonds. The number of alkyl halides is 3. The number of anilines is 1. The summed E-state index contributed by atoms with van der Waals surface area (Å²) in [5.41, 5.74) is -1.03. The highest BCUT2D eigenvalue weighted by Gasteiger charge is 2.31. The number of hydrogen-bond donors (Lipinski definition) is 1. The van der Waals surface area contributed by atoms with Crippen molar-refractivity contribution >= 4 is 23.4 Å². The number of rotatable bonds is 2. The summed E-state index contributed by atoms with van der Waals surface area (Å²) in [6, 6.07) is 2.64. The van der Waals surface area contributed by atoms with E-state index in [4.69, 9.17) is 11.6 Å². The first-order valence-corrected chi connectivity index (χ1v) is 5.03. The van der Waals surface area contributed by atoms with Gasteiger partial charge in [-0.2, -0.15) is 13.2 Å². The van der Waals surface area contributed by atoms with Gasteiger partial charge < -0.3 is 4.74 Å². The van der Waals surface area contributed by atoms with E-state index in [1.54, 1.807) is 6.92 Å². The molecule has 3 nitrogen and oxygen atoms in total. The van der Waals surface area contributed by atoms with Crippen LogP contribution in [0.2, 0.25) is 5.02 Å². The molecule has 17 heavy (non-hydrogen) atoms. The molecule has 0 heterocycles. The number of nitrogens with one attached hydrogen (secondary N) is 1. The molecule has 0 aliphatic heterocycles. The minimum absolute atomic E-state index is 0.00560. The maximum Gasteiger partial charge on any atom is 0.416 e. The molecule has 1 aromatic rings.